The largest absolute Gasteiger partial charge is 0.369 e. The Morgan fingerprint density at radius 2 is 1.65 bits per heavy atom. The van der Waals surface area contributed by atoms with Crippen molar-refractivity contribution < 1.29 is 19.1 Å². The molecule has 2 aromatic carbocycles. The van der Waals surface area contributed by atoms with Crippen LogP contribution in [0.15, 0.2) is 53.0 Å². The molecule has 0 aromatic heterocycles. The lowest BCUT2D eigenvalue weighted by atomic mass is 9.94. The molecule has 2 aliphatic heterocycles. The molecule has 0 unspecified atom stereocenters. The number of methoxy groups -OCH3 is 1. The molecule has 2 aromatic rings. The number of halogens is 1. The third-order valence-corrected chi connectivity index (χ3v) is 5.94. The van der Waals surface area contributed by atoms with Crippen LogP contribution in [0, 0.1) is 0 Å². The predicted octanol–water partition coefficient (Wildman–Crippen LogP) is 3.21. The van der Waals surface area contributed by atoms with Gasteiger partial charge in [-0.2, -0.15) is 4.31 Å². The van der Waals surface area contributed by atoms with Crippen LogP contribution < -0.4 is 0 Å². The Labute approximate surface area is 162 Å². The van der Waals surface area contributed by atoms with Crippen LogP contribution >= 0.6 is 28.1 Å². The van der Waals surface area contributed by atoms with Crippen LogP contribution in [0.4, 0.5) is 0 Å². The van der Waals surface area contributed by atoms with Crippen molar-refractivity contribution in [2.75, 3.05) is 7.11 Å². The third-order valence-electron chi connectivity index (χ3n) is 4.37. The molecule has 0 aliphatic carbocycles. The highest BCUT2D eigenvalue weighted by Crippen LogP contribution is 2.45. The SMILES string of the molecule is CO[C@H]1C(=O)N(SN2C(=O)c3ccccc3C2=O)[C@H]1c1cccc(Br)c1. The van der Waals surface area contributed by atoms with E-state index in [2.05, 4.69) is 15.9 Å². The summed E-state index contributed by atoms with van der Waals surface area (Å²) in [6, 6.07) is 13.8. The van der Waals surface area contributed by atoms with Crippen LogP contribution in [-0.2, 0) is 9.53 Å². The summed E-state index contributed by atoms with van der Waals surface area (Å²) in [5.74, 6) is -1.12. The number of imide groups is 1. The van der Waals surface area contributed by atoms with Gasteiger partial charge in [-0.25, -0.2) is 0 Å². The topological polar surface area (TPSA) is 66.9 Å². The number of ether oxygens (including phenoxy) is 1. The van der Waals surface area contributed by atoms with E-state index in [-0.39, 0.29) is 11.9 Å². The Bertz CT molecular complexity index is 900. The first kappa shape index (κ1) is 17.3. The summed E-state index contributed by atoms with van der Waals surface area (Å²) in [7, 11) is 1.47. The Morgan fingerprint density at radius 3 is 2.23 bits per heavy atom. The van der Waals surface area contributed by atoms with E-state index in [9.17, 15) is 14.4 Å². The fourth-order valence-corrected chi connectivity index (χ4v) is 4.55. The summed E-state index contributed by atoms with van der Waals surface area (Å²) in [5.41, 5.74) is 1.55. The average molecular weight is 433 g/mol. The Hall–Kier alpha value is -2.16. The van der Waals surface area contributed by atoms with Gasteiger partial charge < -0.3 is 4.74 Å². The summed E-state index contributed by atoms with van der Waals surface area (Å²) in [5, 5.41) is 0. The molecule has 0 bridgehead atoms. The number of amides is 3. The van der Waals surface area contributed by atoms with Crippen molar-refractivity contribution in [3.8, 4) is 0 Å². The van der Waals surface area contributed by atoms with E-state index < -0.39 is 17.9 Å². The molecule has 3 amide bonds. The molecule has 6 nitrogen and oxygen atoms in total. The molecule has 0 saturated carbocycles. The molecule has 2 aliphatic rings. The number of carbonyl (C=O) groups excluding carboxylic acids is 3. The quantitative estimate of drug-likeness (QED) is 0.421. The van der Waals surface area contributed by atoms with Crippen molar-refractivity contribution in [2.24, 2.45) is 0 Å². The molecule has 132 valence electrons. The van der Waals surface area contributed by atoms with Gasteiger partial charge >= 0.3 is 0 Å². The number of β-lactam (4-membered cyclic amide) rings is 1. The van der Waals surface area contributed by atoms with Crippen LogP contribution in [0.5, 0.6) is 0 Å². The number of hydrogen-bond donors (Lipinski definition) is 0. The fourth-order valence-electron chi connectivity index (χ4n) is 3.09. The predicted molar refractivity (Wildman–Crippen MR) is 99.1 cm³/mol. The second-order valence-corrected chi connectivity index (χ2v) is 7.69. The minimum Gasteiger partial charge on any atom is -0.369 e. The summed E-state index contributed by atoms with van der Waals surface area (Å²) in [4.78, 5) is 37.5. The molecule has 2 atom stereocenters. The van der Waals surface area contributed by atoms with Crippen molar-refractivity contribution >= 4 is 45.8 Å². The van der Waals surface area contributed by atoms with Crippen molar-refractivity contribution in [3.05, 3.63) is 69.7 Å². The van der Waals surface area contributed by atoms with Gasteiger partial charge in [0.1, 0.15) is 6.04 Å². The lowest BCUT2D eigenvalue weighted by Crippen LogP contribution is -2.57. The number of benzene rings is 2. The molecule has 4 rings (SSSR count). The minimum atomic E-state index is -0.646. The standard InChI is InChI=1S/C18H13BrN2O4S/c1-25-15-14(10-5-4-6-11(19)9-10)20(18(15)24)26-21-16(22)12-7-2-3-8-13(12)17(21)23/h2-9,14-15H,1H3/t14-,15+/m0/s1. The van der Waals surface area contributed by atoms with Crippen LogP contribution in [0.1, 0.15) is 32.3 Å². The van der Waals surface area contributed by atoms with Crippen molar-refractivity contribution in [2.45, 2.75) is 12.1 Å². The normalized spacial score (nSPS) is 21.8. The lowest BCUT2D eigenvalue weighted by molar-refractivity contribution is -0.158. The smallest absolute Gasteiger partial charge is 0.273 e. The maximum Gasteiger partial charge on any atom is 0.273 e. The van der Waals surface area contributed by atoms with Gasteiger partial charge in [0.2, 0.25) is 0 Å². The van der Waals surface area contributed by atoms with Crippen molar-refractivity contribution in [1.29, 1.82) is 0 Å². The Balaban J connectivity index is 1.62. The zero-order valence-electron chi connectivity index (χ0n) is 13.6. The first-order valence-electron chi connectivity index (χ1n) is 7.80. The van der Waals surface area contributed by atoms with E-state index >= 15 is 0 Å². The molecule has 26 heavy (non-hydrogen) atoms. The monoisotopic (exact) mass is 432 g/mol. The van der Waals surface area contributed by atoms with Gasteiger partial charge in [-0.15, -0.1) is 0 Å². The second-order valence-electron chi connectivity index (χ2n) is 5.85. The highest BCUT2D eigenvalue weighted by molar-refractivity contribution is 9.10. The zero-order valence-corrected chi connectivity index (χ0v) is 16.0. The molecule has 2 heterocycles. The molecule has 0 N–H and O–H groups in total. The van der Waals surface area contributed by atoms with Crippen LogP contribution in [0.3, 0.4) is 0 Å². The van der Waals surface area contributed by atoms with Gasteiger partial charge in [-0.1, -0.05) is 40.2 Å². The van der Waals surface area contributed by atoms with E-state index in [1.165, 1.54) is 11.4 Å². The molecular weight excluding hydrogens is 420 g/mol. The Kier molecular flexibility index (Phi) is 4.34. The van der Waals surface area contributed by atoms with Gasteiger partial charge in [-0.3, -0.25) is 18.7 Å². The maximum atomic E-state index is 12.5. The highest BCUT2D eigenvalue weighted by atomic mass is 79.9. The van der Waals surface area contributed by atoms with E-state index in [1.54, 1.807) is 24.3 Å². The van der Waals surface area contributed by atoms with Crippen molar-refractivity contribution in [3.63, 3.8) is 0 Å². The first-order chi connectivity index (χ1) is 12.5. The summed E-state index contributed by atoms with van der Waals surface area (Å²) < 4.78 is 8.62. The second kappa shape index (κ2) is 6.53. The molecule has 1 fully saturated rings. The molecule has 0 spiro atoms. The van der Waals surface area contributed by atoms with Crippen LogP contribution in [0.2, 0.25) is 0 Å². The van der Waals surface area contributed by atoms with E-state index in [0.29, 0.717) is 11.1 Å². The van der Waals surface area contributed by atoms with Gasteiger partial charge in [0.15, 0.2) is 6.10 Å². The lowest BCUT2D eigenvalue weighted by Gasteiger charge is -2.45. The average Bonchev–Trinajstić information content (AvgIpc) is 2.88. The van der Waals surface area contributed by atoms with Crippen molar-refractivity contribution in [1.82, 2.24) is 8.61 Å². The van der Waals surface area contributed by atoms with E-state index in [0.717, 1.165) is 26.5 Å². The van der Waals surface area contributed by atoms with Gasteiger partial charge in [-0.05, 0) is 29.8 Å². The van der Waals surface area contributed by atoms with Gasteiger partial charge in [0, 0.05) is 11.6 Å². The van der Waals surface area contributed by atoms with Gasteiger partial charge in [0.25, 0.3) is 17.7 Å². The highest BCUT2D eigenvalue weighted by Gasteiger charge is 2.52. The first-order valence-corrected chi connectivity index (χ1v) is 9.32. The Morgan fingerprint density at radius 1 is 1.00 bits per heavy atom. The summed E-state index contributed by atoms with van der Waals surface area (Å²) in [6.07, 6.45) is -0.646. The molecule has 1 saturated heterocycles. The third kappa shape index (κ3) is 2.56. The van der Waals surface area contributed by atoms with E-state index in [4.69, 9.17) is 4.74 Å². The fraction of sp³-hybridized carbons (Fsp3) is 0.167. The van der Waals surface area contributed by atoms with Crippen LogP contribution in [-0.4, -0.2) is 39.5 Å². The number of carbonyl (C=O) groups is 3. The minimum absolute atomic E-state index is 0.279. The summed E-state index contributed by atoms with van der Waals surface area (Å²) >= 11 is 4.24. The van der Waals surface area contributed by atoms with Gasteiger partial charge in [0.05, 0.1) is 23.3 Å². The summed E-state index contributed by atoms with van der Waals surface area (Å²) in [6.45, 7) is 0. The van der Waals surface area contributed by atoms with Crippen LogP contribution in [0.25, 0.3) is 0 Å². The number of hydrogen-bond acceptors (Lipinski definition) is 5. The maximum absolute atomic E-state index is 12.5. The van der Waals surface area contributed by atoms with E-state index in [1.807, 2.05) is 24.3 Å². The zero-order chi connectivity index (χ0) is 18.4. The molecule has 8 heteroatoms. The molecule has 0 radical (unpaired) electrons. The number of rotatable bonds is 4. The number of fused-ring (bicyclic) bond motifs is 1. The number of nitrogens with zero attached hydrogens (tertiary/aromatic N) is 2. The molecular formula is C18H13BrN2O4S.